The van der Waals surface area contributed by atoms with Crippen molar-refractivity contribution in [2.24, 2.45) is 5.73 Å². The SMILES string of the molecule is NCC1CN(c2ccc(Br)cn2)CC(=O)O1. The number of esters is 1. The molecule has 2 rings (SSSR count). The molecule has 1 unspecified atom stereocenters. The van der Waals surface area contributed by atoms with E-state index in [0.717, 1.165) is 10.3 Å². The number of halogens is 1. The minimum atomic E-state index is -0.258. The molecule has 6 heteroatoms. The first-order chi connectivity index (χ1) is 7.69. The summed E-state index contributed by atoms with van der Waals surface area (Å²) in [6.45, 7) is 1.15. The molecule has 1 atom stereocenters. The minimum Gasteiger partial charge on any atom is -0.458 e. The van der Waals surface area contributed by atoms with E-state index in [1.807, 2.05) is 17.0 Å². The normalized spacial score (nSPS) is 20.8. The summed E-state index contributed by atoms with van der Waals surface area (Å²) in [5.41, 5.74) is 5.50. The Morgan fingerprint density at radius 2 is 2.44 bits per heavy atom. The summed E-state index contributed by atoms with van der Waals surface area (Å²) in [6.07, 6.45) is 1.46. The number of pyridine rings is 1. The van der Waals surface area contributed by atoms with Gasteiger partial charge in [0, 0.05) is 17.2 Å². The van der Waals surface area contributed by atoms with Crippen LogP contribution in [0.2, 0.25) is 0 Å². The summed E-state index contributed by atoms with van der Waals surface area (Å²) in [6, 6.07) is 3.75. The van der Waals surface area contributed by atoms with Crippen molar-refractivity contribution in [1.29, 1.82) is 0 Å². The van der Waals surface area contributed by atoms with Gasteiger partial charge in [-0.25, -0.2) is 4.98 Å². The Balaban J connectivity index is 2.14. The summed E-state index contributed by atoms with van der Waals surface area (Å²) in [5, 5.41) is 0. The van der Waals surface area contributed by atoms with Gasteiger partial charge in [0.25, 0.3) is 0 Å². The van der Waals surface area contributed by atoms with Crippen LogP contribution in [0.15, 0.2) is 22.8 Å². The minimum absolute atomic E-state index is 0.227. The fourth-order valence-electron chi connectivity index (χ4n) is 1.58. The second-order valence-corrected chi connectivity index (χ2v) is 4.48. The standard InChI is InChI=1S/C10H12BrN3O2/c11-7-1-2-9(13-4-7)14-5-8(3-12)16-10(15)6-14/h1-2,4,8H,3,5-6,12H2. The molecular formula is C10H12BrN3O2. The second-order valence-electron chi connectivity index (χ2n) is 3.56. The number of morpholine rings is 1. The van der Waals surface area contributed by atoms with Crippen LogP contribution in [-0.4, -0.2) is 36.7 Å². The smallest absolute Gasteiger partial charge is 0.325 e. The molecule has 2 N–H and O–H groups in total. The molecule has 1 fully saturated rings. The molecule has 1 saturated heterocycles. The Bertz CT molecular complexity index is 382. The van der Waals surface area contributed by atoms with E-state index in [1.165, 1.54) is 0 Å². The van der Waals surface area contributed by atoms with Gasteiger partial charge in [0.05, 0.1) is 6.54 Å². The molecule has 0 aromatic carbocycles. The fourth-order valence-corrected chi connectivity index (χ4v) is 1.81. The first kappa shape index (κ1) is 11.3. The lowest BCUT2D eigenvalue weighted by Gasteiger charge is -2.32. The molecule has 2 heterocycles. The molecule has 1 aliphatic rings. The molecule has 0 saturated carbocycles. The fraction of sp³-hybridized carbons (Fsp3) is 0.400. The Kier molecular flexibility index (Phi) is 3.40. The average Bonchev–Trinajstić information content (AvgIpc) is 2.29. The molecule has 5 nitrogen and oxygen atoms in total. The first-order valence-electron chi connectivity index (χ1n) is 4.95. The molecule has 0 spiro atoms. The summed E-state index contributed by atoms with van der Waals surface area (Å²) in [7, 11) is 0. The molecule has 0 bridgehead atoms. The van der Waals surface area contributed by atoms with Crippen molar-refractivity contribution in [2.45, 2.75) is 6.10 Å². The van der Waals surface area contributed by atoms with E-state index in [9.17, 15) is 4.79 Å². The van der Waals surface area contributed by atoms with Crippen LogP contribution in [0, 0.1) is 0 Å². The van der Waals surface area contributed by atoms with Gasteiger partial charge in [-0.3, -0.25) is 4.79 Å². The van der Waals surface area contributed by atoms with Crippen molar-refractivity contribution in [1.82, 2.24) is 4.98 Å². The zero-order valence-electron chi connectivity index (χ0n) is 8.60. The predicted octanol–water partition coefficient (Wildman–Crippen LogP) is 0.535. The quantitative estimate of drug-likeness (QED) is 0.803. The zero-order chi connectivity index (χ0) is 11.5. The number of rotatable bonds is 2. The number of nitrogens with two attached hydrogens (primary N) is 1. The van der Waals surface area contributed by atoms with Crippen molar-refractivity contribution >= 4 is 27.7 Å². The molecule has 0 amide bonds. The van der Waals surface area contributed by atoms with Gasteiger partial charge in [-0.2, -0.15) is 0 Å². The Morgan fingerprint density at radius 1 is 1.62 bits per heavy atom. The van der Waals surface area contributed by atoms with Gasteiger partial charge in [0.2, 0.25) is 0 Å². The van der Waals surface area contributed by atoms with E-state index in [1.54, 1.807) is 6.20 Å². The van der Waals surface area contributed by atoms with E-state index in [2.05, 4.69) is 20.9 Å². The number of nitrogens with zero attached hydrogens (tertiary/aromatic N) is 2. The van der Waals surface area contributed by atoms with Gasteiger partial charge in [0.1, 0.15) is 18.5 Å². The van der Waals surface area contributed by atoms with E-state index in [-0.39, 0.29) is 18.6 Å². The van der Waals surface area contributed by atoms with Crippen LogP contribution in [0.3, 0.4) is 0 Å². The van der Waals surface area contributed by atoms with E-state index >= 15 is 0 Å². The van der Waals surface area contributed by atoms with Crippen LogP contribution in [0.25, 0.3) is 0 Å². The highest BCUT2D eigenvalue weighted by molar-refractivity contribution is 9.10. The maximum Gasteiger partial charge on any atom is 0.325 e. The number of hydrogen-bond acceptors (Lipinski definition) is 5. The third kappa shape index (κ3) is 2.51. The molecule has 1 aliphatic heterocycles. The number of cyclic esters (lactones) is 1. The van der Waals surface area contributed by atoms with Gasteiger partial charge >= 0.3 is 5.97 Å². The maximum atomic E-state index is 11.3. The number of ether oxygens (including phenoxy) is 1. The summed E-state index contributed by atoms with van der Waals surface area (Å²) >= 11 is 3.31. The number of hydrogen-bond donors (Lipinski definition) is 1. The summed E-state index contributed by atoms with van der Waals surface area (Å²) in [4.78, 5) is 17.4. The molecule has 86 valence electrons. The average molecular weight is 286 g/mol. The summed E-state index contributed by atoms with van der Waals surface area (Å²) in [5.74, 6) is 0.504. The third-order valence-corrected chi connectivity index (χ3v) is 2.81. The third-order valence-electron chi connectivity index (χ3n) is 2.34. The van der Waals surface area contributed by atoms with Crippen LogP contribution < -0.4 is 10.6 Å². The predicted molar refractivity (Wildman–Crippen MR) is 63.1 cm³/mol. The topological polar surface area (TPSA) is 68.5 Å². The van der Waals surface area contributed by atoms with Gasteiger partial charge < -0.3 is 15.4 Å². The van der Waals surface area contributed by atoms with Crippen molar-refractivity contribution < 1.29 is 9.53 Å². The molecule has 0 aliphatic carbocycles. The Hall–Kier alpha value is -1.14. The highest BCUT2D eigenvalue weighted by Gasteiger charge is 2.26. The lowest BCUT2D eigenvalue weighted by atomic mass is 10.2. The van der Waals surface area contributed by atoms with Crippen LogP contribution >= 0.6 is 15.9 Å². The Labute approximate surface area is 102 Å². The van der Waals surface area contributed by atoms with Gasteiger partial charge in [-0.15, -0.1) is 0 Å². The van der Waals surface area contributed by atoms with Crippen molar-refractivity contribution in [3.8, 4) is 0 Å². The van der Waals surface area contributed by atoms with Crippen molar-refractivity contribution in [3.63, 3.8) is 0 Å². The molecular weight excluding hydrogens is 274 g/mol. The largest absolute Gasteiger partial charge is 0.458 e. The lowest BCUT2D eigenvalue weighted by molar-refractivity contribution is -0.149. The van der Waals surface area contributed by atoms with Gasteiger partial charge in [-0.1, -0.05) is 0 Å². The number of anilines is 1. The summed E-state index contributed by atoms with van der Waals surface area (Å²) < 4.78 is 5.98. The number of aromatic nitrogens is 1. The lowest BCUT2D eigenvalue weighted by Crippen LogP contribution is -2.48. The van der Waals surface area contributed by atoms with Crippen LogP contribution in [0.4, 0.5) is 5.82 Å². The Morgan fingerprint density at radius 3 is 3.06 bits per heavy atom. The van der Waals surface area contributed by atoms with E-state index in [0.29, 0.717) is 13.1 Å². The van der Waals surface area contributed by atoms with E-state index < -0.39 is 0 Å². The monoisotopic (exact) mass is 285 g/mol. The van der Waals surface area contributed by atoms with E-state index in [4.69, 9.17) is 10.5 Å². The molecule has 1 aromatic heterocycles. The zero-order valence-corrected chi connectivity index (χ0v) is 10.2. The first-order valence-corrected chi connectivity index (χ1v) is 5.74. The van der Waals surface area contributed by atoms with Gasteiger partial charge in [-0.05, 0) is 28.1 Å². The van der Waals surface area contributed by atoms with Crippen molar-refractivity contribution in [3.05, 3.63) is 22.8 Å². The highest BCUT2D eigenvalue weighted by Crippen LogP contribution is 2.17. The highest BCUT2D eigenvalue weighted by atomic mass is 79.9. The second kappa shape index (κ2) is 4.80. The van der Waals surface area contributed by atoms with Crippen LogP contribution in [-0.2, 0) is 9.53 Å². The van der Waals surface area contributed by atoms with Crippen LogP contribution in [0.5, 0.6) is 0 Å². The maximum absolute atomic E-state index is 11.3. The molecule has 1 aromatic rings. The molecule has 0 radical (unpaired) electrons. The van der Waals surface area contributed by atoms with Crippen molar-refractivity contribution in [2.75, 3.05) is 24.5 Å². The van der Waals surface area contributed by atoms with Crippen LogP contribution in [0.1, 0.15) is 0 Å². The number of carbonyl (C=O) groups is 1. The molecule has 16 heavy (non-hydrogen) atoms. The van der Waals surface area contributed by atoms with Gasteiger partial charge in [0.15, 0.2) is 0 Å². The number of carbonyl (C=O) groups excluding carboxylic acids is 1.